The minimum Gasteiger partial charge on any atom is -0.507 e. The number of phenolic OH excluding ortho intramolecular Hbond substituents is 1. The summed E-state index contributed by atoms with van der Waals surface area (Å²) < 4.78 is 0. The van der Waals surface area contributed by atoms with Gasteiger partial charge < -0.3 is 5.11 Å². The predicted molar refractivity (Wildman–Crippen MR) is 68.4 cm³/mol. The van der Waals surface area contributed by atoms with Gasteiger partial charge in [-0.2, -0.15) is 5.26 Å². The molecule has 0 bridgehead atoms. The molecule has 0 spiro atoms. The van der Waals surface area contributed by atoms with Crippen LogP contribution in [-0.4, -0.2) is 5.11 Å². The van der Waals surface area contributed by atoms with E-state index in [1.54, 1.807) is 12.1 Å². The van der Waals surface area contributed by atoms with Crippen molar-refractivity contribution in [3.63, 3.8) is 0 Å². The van der Waals surface area contributed by atoms with Gasteiger partial charge in [0.15, 0.2) is 0 Å². The van der Waals surface area contributed by atoms with Crippen molar-refractivity contribution < 1.29 is 5.11 Å². The quantitative estimate of drug-likeness (QED) is 0.886. The lowest BCUT2D eigenvalue weighted by Gasteiger charge is -2.03. The molecule has 0 radical (unpaired) electrons. The van der Waals surface area contributed by atoms with Gasteiger partial charge >= 0.3 is 0 Å². The van der Waals surface area contributed by atoms with E-state index in [0.717, 1.165) is 9.79 Å². The molecule has 17 heavy (non-hydrogen) atoms. The monoisotopic (exact) mass is 261 g/mol. The van der Waals surface area contributed by atoms with Gasteiger partial charge in [0.2, 0.25) is 0 Å². The fourth-order valence-electron chi connectivity index (χ4n) is 1.31. The van der Waals surface area contributed by atoms with Crippen LogP contribution >= 0.6 is 23.4 Å². The van der Waals surface area contributed by atoms with Crippen molar-refractivity contribution in [2.24, 2.45) is 0 Å². The maximum absolute atomic E-state index is 9.39. The molecule has 2 nitrogen and oxygen atoms in total. The van der Waals surface area contributed by atoms with Crippen LogP contribution in [0.4, 0.5) is 0 Å². The van der Waals surface area contributed by atoms with E-state index in [1.165, 1.54) is 17.8 Å². The van der Waals surface area contributed by atoms with Crippen LogP contribution in [0.3, 0.4) is 0 Å². The lowest BCUT2D eigenvalue weighted by molar-refractivity contribution is 0.473. The number of benzene rings is 2. The van der Waals surface area contributed by atoms with Crippen LogP contribution in [0.2, 0.25) is 5.02 Å². The number of aromatic hydroxyl groups is 1. The lowest BCUT2D eigenvalue weighted by atomic mass is 10.2. The van der Waals surface area contributed by atoms with Crippen molar-refractivity contribution >= 4 is 23.4 Å². The summed E-state index contributed by atoms with van der Waals surface area (Å²) in [5.41, 5.74) is 0.281. The van der Waals surface area contributed by atoms with E-state index in [2.05, 4.69) is 0 Å². The second kappa shape index (κ2) is 5.13. The molecule has 84 valence electrons. The molecule has 0 saturated heterocycles. The Bertz CT molecular complexity index is 575. The van der Waals surface area contributed by atoms with Crippen LogP contribution in [0.25, 0.3) is 0 Å². The van der Waals surface area contributed by atoms with E-state index in [9.17, 15) is 5.11 Å². The van der Waals surface area contributed by atoms with Gasteiger partial charge in [0.05, 0.1) is 5.56 Å². The van der Waals surface area contributed by atoms with Crippen LogP contribution in [-0.2, 0) is 0 Å². The van der Waals surface area contributed by atoms with Crippen LogP contribution in [0.15, 0.2) is 52.3 Å². The Morgan fingerprint density at radius 2 is 1.71 bits per heavy atom. The van der Waals surface area contributed by atoms with Crippen LogP contribution in [0.1, 0.15) is 5.56 Å². The van der Waals surface area contributed by atoms with E-state index >= 15 is 0 Å². The molecule has 0 aliphatic heterocycles. The highest BCUT2D eigenvalue weighted by atomic mass is 35.5. The van der Waals surface area contributed by atoms with Crippen molar-refractivity contribution in [2.45, 2.75) is 9.79 Å². The van der Waals surface area contributed by atoms with E-state index in [1.807, 2.05) is 30.3 Å². The Morgan fingerprint density at radius 3 is 2.35 bits per heavy atom. The first kappa shape index (κ1) is 11.8. The molecule has 2 rings (SSSR count). The summed E-state index contributed by atoms with van der Waals surface area (Å²) in [5, 5.41) is 18.9. The van der Waals surface area contributed by atoms with E-state index < -0.39 is 0 Å². The third-order valence-corrected chi connectivity index (χ3v) is 3.39. The maximum atomic E-state index is 9.39. The van der Waals surface area contributed by atoms with Crippen molar-refractivity contribution in [2.75, 3.05) is 0 Å². The normalized spacial score (nSPS) is 9.88. The first-order valence-corrected chi connectivity index (χ1v) is 6.05. The van der Waals surface area contributed by atoms with Crippen LogP contribution in [0.5, 0.6) is 5.75 Å². The van der Waals surface area contributed by atoms with Gasteiger partial charge in [0, 0.05) is 14.8 Å². The fourth-order valence-corrected chi connectivity index (χ4v) is 2.29. The molecule has 0 amide bonds. The molecule has 0 aliphatic carbocycles. The molecule has 0 atom stereocenters. The van der Waals surface area contributed by atoms with E-state index in [0.29, 0.717) is 5.02 Å². The van der Waals surface area contributed by atoms with Crippen molar-refractivity contribution in [1.82, 2.24) is 0 Å². The number of rotatable bonds is 2. The summed E-state index contributed by atoms with van der Waals surface area (Å²) in [4.78, 5) is 1.94. The highest BCUT2D eigenvalue weighted by Crippen LogP contribution is 2.31. The predicted octanol–water partition coefficient (Wildman–Crippen LogP) is 4.07. The molecule has 2 aromatic carbocycles. The zero-order valence-corrected chi connectivity index (χ0v) is 10.3. The molecule has 0 fully saturated rings. The van der Waals surface area contributed by atoms with Gasteiger partial charge in [-0.05, 0) is 42.5 Å². The minimum absolute atomic E-state index is 0.00737. The third-order valence-electron chi connectivity index (χ3n) is 2.14. The molecule has 0 aliphatic rings. The summed E-state index contributed by atoms with van der Waals surface area (Å²) in [5.74, 6) is 0.00737. The first-order valence-electron chi connectivity index (χ1n) is 4.85. The summed E-state index contributed by atoms with van der Waals surface area (Å²) in [6.45, 7) is 0. The largest absolute Gasteiger partial charge is 0.507 e. The highest BCUT2D eigenvalue weighted by molar-refractivity contribution is 7.99. The second-order valence-electron chi connectivity index (χ2n) is 3.35. The van der Waals surface area contributed by atoms with Gasteiger partial charge in [-0.15, -0.1) is 0 Å². The van der Waals surface area contributed by atoms with Crippen LogP contribution in [0, 0.1) is 11.3 Å². The minimum atomic E-state index is 0.00737. The second-order valence-corrected chi connectivity index (χ2v) is 4.93. The molecule has 0 saturated carbocycles. The SMILES string of the molecule is N#Cc1cc(Sc2ccc(Cl)cc2)ccc1O. The van der Waals surface area contributed by atoms with Gasteiger partial charge in [-0.3, -0.25) is 0 Å². The Kier molecular flexibility index (Phi) is 3.58. The Morgan fingerprint density at radius 1 is 1.06 bits per heavy atom. The molecule has 2 aromatic rings. The number of nitriles is 1. The fraction of sp³-hybridized carbons (Fsp3) is 0. The number of halogens is 1. The number of nitrogens with zero attached hydrogens (tertiary/aromatic N) is 1. The zero-order valence-electron chi connectivity index (χ0n) is 8.72. The van der Waals surface area contributed by atoms with E-state index in [-0.39, 0.29) is 11.3 Å². The standard InChI is InChI=1S/C13H8ClNOS/c14-10-1-3-11(4-2-10)17-12-5-6-13(16)9(7-12)8-15/h1-7,16H. The summed E-state index contributed by atoms with van der Waals surface area (Å²) in [6.07, 6.45) is 0. The van der Waals surface area contributed by atoms with Gasteiger partial charge in [0.1, 0.15) is 11.8 Å². The third kappa shape index (κ3) is 2.94. The first-order chi connectivity index (χ1) is 8.19. The summed E-state index contributed by atoms with van der Waals surface area (Å²) >= 11 is 7.31. The summed E-state index contributed by atoms with van der Waals surface area (Å²) in [7, 11) is 0. The molecule has 0 aromatic heterocycles. The maximum Gasteiger partial charge on any atom is 0.133 e. The Balaban J connectivity index is 2.25. The molecule has 0 unspecified atom stereocenters. The van der Waals surface area contributed by atoms with Gasteiger partial charge in [-0.1, -0.05) is 23.4 Å². The number of phenols is 1. The number of hydrogen-bond donors (Lipinski definition) is 1. The van der Waals surface area contributed by atoms with Crippen molar-refractivity contribution in [3.8, 4) is 11.8 Å². The molecule has 4 heteroatoms. The average molecular weight is 262 g/mol. The molecular formula is C13H8ClNOS. The van der Waals surface area contributed by atoms with Crippen molar-refractivity contribution in [1.29, 1.82) is 5.26 Å². The Labute approximate surface area is 108 Å². The van der Waals surface area contributed by atoms with E-state index in [4.69, 9.17) is 16.9 Å². The Hall–Kier alpha value is -1.63. The average Bonchev–Trinajstić information content (AvgIpc) is 2.34. The van der Waals surface area contributed by atoms with Crippen LogP contribution < -0.4 is 0 Å². The molecule has 1 N–H and O–H groups in total. The topological polar surface area (TPSA) is 44.0 Å². The van der Waals surface area contributed by atoms with Crippen molar-refractivity contribution in [3.05, 3.63) is 53.1 Å². The zero-order chi connectivity index (χ0) is 12.3. The lowest BCUT2D eigenvalue weighted by Crippen LogP contribution is -1.79. The van der Waals surface area contributed by atoms with Gasteiger partial charge in [-0.25, -0.2) is 0 Å². The van der Waals surface area contributed by atoms with Gasteiger partial charge in [0.25, 0.3) is 0 Å². The highest BCUT2D eigenvalue weighted by Gasteiger charge is 2.03. The molecular weight excluding hydrogens is 254 g/mol. The smallest absolute Gasteiger partial charge is 0.133 e. The summed E-state index contributed by atoms with van der Waals surface area (Å²) in [6, 6.07) is 14.4. The molecule has 0 heterocycles. The number of hydrogen-bond acceptors (Lipinski definition) is 3.